The number of carboxylic acids is 1. The first-order chi connectivity index (χ1) is 7.37. The molecule has 0 aliphatic heterocycles. The summed E-state index contributed by atoms with van der Waals surface area (Å²) in [5.74, 6) is -0.920. The zero-order valence-electron chi connectivity index (χ0n) is 9.46. The summed E-state index contributed by atoms with van der Waals surface area (Å²) in [4.78, 5) is 11.4. The molecule has 1 fully saturated rings. The number of aliphatic carboxylic acids is 1. The molecule has 0 amide bonds. The van der Waals surface area contributed by atoms with Crippen LogP contribution in [0.5, 0.6) is 0 Å². The quantitative estimate of drug-likeness (QED) is 0.835. The number of rotatable bonds is 2. The van der Waals surface area contributed by atoms with Crippen LogP contribution in [0.2, 0.25) is 0 Å². The molecule has 86 valence electrons. The lowest BCUT2D eigenvalue weighted by molar-refractivity contribution is -0.155. The van der Waals surface area contributed by atoms with Gasteiger partial charge < -0.3 is 5.11 Å². The molecule has 0 bridgehead atoms. The third kappa shape index (κ3) is 1.51. The second-order valence-corrected chi connectivity index (χ2v) is 4.97. The average Bonchev–Trinajstić information content (AvgIpc) is 2.14. The predicted octanol–water partition coefficient (Wildman–Crippen LogP) is 2.84. The molecular formula is C13H15FO2. The first-order valence-electron chi connectivity index (χ1n) is 5.36. The lowest BCUT2D eigenvalue weighted by Crippen LogP contribution is -2.55. The number of hydrogen-bond donors (Lipinski definition) is 1. The van der Waals surface area contributed by atoms with Crippen LogP contribution in [0.25, 0.3) is 0 Å². The summed E-state index contributed by atoms with van der Waals surface area (Å²) in [6.45, 7) is 3.33. The maximum atomic E-state index is 13.6. The molecule has 0 atom stereocenters. The first kappa shape index (κ1) is 11.1. The van der Waals surface area contributed by atoms with Gasteiger partial charge in [0.1, 0.15) is 5.67 Å². The van der Waals surface area contributed by atoms with Crippen LogP contribution >= 0.6 is 0 Å². The van der Waals surface area contributed by atoms with Gasteiger partial charge in [0.15, 0.2) is 0 Å². The fourth-order valence-corrected chi connectivity index (χ4v) is 2.77. The summed E-state index contributed by atoms with van der Waals surface area (Å²) in [5, 5.41) is 9.33. The van der Waals surface area contributed by atoms with Crippen LogP contribution in [0, 0.1) is 6.92 Å². The Balaban J connectivity index is 2.44. The standard InChI is InChI=1S/C13H15FO2/c1-9-5-3-4-6-10(9)13(11(15)16)7-12(2,14)8-13/h3-6H,7-8H2,1-2H3,(H,15,16). The van der Waals surface area contributed by atoms with Crippen LogP contribution in [0.15, 0.2) is 24.3 Å². The van der Waals surface area contributed by atoms with Gasteiger partial charge in [-0.1, -0.05) is 24.3 Å². The van der Waals surface area contributed by atoms with E-state index >= 15 is 0 Å². The maximum Gasteiger partial charge on any atom is 0.314 e. The molecule has 2 nitrogen and oxygen atoms in total. The van der Waals surface area contributed by atoms with Crippen molar-refractivity contribution in [1.29, 1.82) is 0 Å². The third-order valence-corrected chi connectivity index (χ3v) is 3.41. The van der Waals surface area contributed by atoms with Crippen molar-refractivity contribution in [2.75, 3.05) is 0 Å². The van der Waals surface area contributed by atoms with Crippen molar-refractivity contribution in [3.8, 4) is 0 Å². The van der Waals surface area contributed by atoms with Gasteiger partial charge in [0.25, 0.3) is 0 Å². The van der Waals surface area contributed by atoms with E-state index in [-0.39, 0.29) is 12.8 Å². The first-order valence-corrected chi connectivity index (χ1v) is 5.36. The van der Waals surface area contributed by atoms with Gasteiger partial charge in [0.05, 0.1) is 5.41 Å². The van der Waals surface area contributed by atoms with Gasteiger partial charge in [-0.3, -0.25) is 4.79 Å². The lowest BCUT2D eigenvalue weighted by atomic mass is 9.57. The fraction of sp³-hybridized carbons (Fsp3) is 0.462. The van der Waals surface area contributed by atoms with Gasteiger partial charge in [-0.25, -0.2) is 4.39 Å². The van der Waals surface area contributed by atoms with E-state index in [2.05, 4.69) is 0 Å². The summed E-state index contributed by atoms with van der Waals surface area (Å²) in [7, 11) is 0. The summed E-state index contributed by atoms with van der Waals surface area (Å²) >= 11 is 0. The molecule has 3 heteroatoms. The van der Waals surface area contributed by atoms with Crippen molar-refractivity contribution < 1.29 is 14.3 Å². The van der Waals surface area contributed by atoms with E-state index in [1.807, 2.05) is 19.1 Å². The zero-order valence-corrected chi connectivity index (χ0v) is 9.46. The Morgan fingerprint density at radius 3 is 2.38 bits per heavy atom. The van der Waals surface area contributed by atoms with E-state index in [0.29, 0.717) is 0 Å². The Kier molecular flexibility index (Phi) is 2.30. The van der Waals surface area contributed by atoms with E-state index in [9.17, 15) is 14.3 Å². The van der Waals surface area contributed by atoms with Crippen LogP contribution in [0.3, 0.4) is 0 Å². The minimum atomic E-state index is -1.35. The molecule has 16 heavy (non-hydrogen) atoms. The summed E-state index contributed by atoms with van der Waals surface area (Å²) < 4.78 is 13.6. The molecule has 1 aliphatic carbocycles. The van der Waals surface area contributed by atoms with Crippen molar-refractivity contribution in [2.45, 2.75) is 37.8 Å². The van der Waals surface area contributed by atoms with Gasteiger partial charge in [-0.2, -0.15) is 0 Å². The highest BCUT2D eigenvalue weighted by Gasteiger charge is 2.59. The molecule has 0 aromatic heterocycles. The Morgan fingerprint density at radius 2 is 1.94 bits per heavy atom. The molecule has 0 heterocycles. The molecule has 0 saturated heterocycles. The molecule has 1 aromatic carbocycles. The second-order valence-electron chi connectivity index (χ2n) is 4.97. The second kappa shape index (κ2) is 3.30. The van der Waals surface area contributed by atoms with Crippen LogP contribution in [-0.4, -0.2) is 16.7 Å². The topological polar surface area (TPSA) is 37.3 Å². The van der Waals surface area contributed by atoms with Crippen molar-refractivity contribution in [2.24, 2.45) is 0 Å². The normalized spacial score (nSPS) is 33.2. The number of benzene rings is 1. The largest absolute Gasteiger partial charge is 0.481 e. The van der Waals surface area contributed by atoms with Crippen molar-refractivity contribution in [3.05, 3.63) is 35.4 Å². The average molecular weight is 222 g/mol. The highest BCUT2D eigenvalue weighted by atomic mass is 19.1. The van der Waals surface area contributed by atoms with E-state index in [1.54, 1.807) is 12.1 Å². The van der Waals surface area contributed by atoms with E-state index < -0.39 is 17.1 Å². The van der Waals surface area contributed by atoms with Gasteiger partial charge in [0, 0.05) is 12.8 Å². The van der Waals surface area contributed by atoms with Crippen molar-refractivity contribution in [1.82, 2.24) is 0 Å². The highest BCUT2D eigenvalue weighted by molar-refractivity contribution is 5.84. The van der Waals surface area contributed by atoms with E-state index in [1.165, 1.54) is 6.92 Å². The number of aryl methyl sites for hydroxylation is 1. The highest BCUT2D eigenvalue weighted by Crippen LogP contribution is 2.53. The minimum Gasteiger partial charge on any atom is -0.481 e. The van der Waals surface area contributed by atoms with E-state index in [0.717, 1.165) is 11.1 Å². The molecule has 1 saturated carbocycles. The molecule has 1 aromatic rings. The third-order valence-electron chi connectivity index (χ3n) is 3.41. The van der Waals surface area contributed by atoms with E-state index in [4.69, 9.17) is 0 Å². The molecule has 0 spiro atoms. The summed E-state index contributed by atoms with van der Waals surface area (Å²) in [6.07, 6.45) is 0.139. The molecular weight excluding hydrogens is 207 g/mol. The van der Waals surface area contributed by atoms with Crippen LogP contribution in [0.1, 0.15) is 30.9 Å². The maximum absolute atomic E-state index is 13.6. The summed E-state index contributed by atoms with van der Waals surface area (Å²) in [5.41, 5.74) is -0.701. The van der Waals surface area contributed by atoms with Gasteiger partial charge in [-0.15, -0.1) is 0 Å². The Labute approximate surface area is 94.1 Å². The van der Waals surface area contributed by atoms with Gasteiger partial charge in [0.2, 0.25) is 0 Å². The van der Waals surface area contributed by atoms with Gasteiger partial charge in [-0.05, 0) is 25.0 Å². The van der Waals surface area contributed by atoms with Crippen molar-refractivity contribution in [3.63, 3.8) is 0 Å². The number of alkyl halides is 1. The monoisotopic (exact) mass is 222 g/mol. The fourth-order valence-electron chi connectivity index (χ4n) is 2.77. The smallest absolute Gasteiger partial charge is 0.314 e. The molecule has 1 aliphatic rings. The predicted molar refractivity (Wildman–Crippen MR) is 59.2 cm³/mol. The number of halogens is 1. The summed E-state index contributed by atoms with van der Waals surface area (Å²) in [6, 6.07) is 7.33. The van der Waals surface area contributed by atoms with Crippen LogP contribution in [0.4, 0.5) is 4.39 Å². The Hall–Kier alpha value is -1.38. The van der Waals surface area contributed by atoms with Crippen LogP contribution in [-0.2, 0) is 10.2 Å². The zero-order chi connectivity index (χ0) is 12.0. The minimum absolute atomic E-state index is 0.0696. The number of carboxylic acid groups (broad SMARTS) is 1. The molecule has 1 N–H and O–H groups in total. The molecule has 2 rings (SSSR count). The number of hydrogen-bond acceptors (Lipinski definition) is 1. The molecule has 0 radical (unpaired) electrons. The Morgan fingerprint density at radius 1 is 1.38 bits per heavy atom. The van der Waals surface area contributed by atoms with Gasteiger partial charge >= 0.3 is 5.97 Å². The molecule has 0 unspecified atom stereocenters. The Bertz CT molecular complexity index is 429. The SMILES string of the molecule is Cc1ccccc1C1(C(=O)O)CC(C)(F)C1. The lowest BCUT2D eigenvalue weighted by Gasteiger charge is -2.48. The van der Waals surface area contributed by atoms with Crippen molar-refractivity contribution >= 4 is 5.97 Å². The van der Waals surface area contributed by atoms with Crippen LogP contribution < -0.4 is 0 Å². The number of carbonyl (C=O) groups is 1.